The molecule has 2 heterocycles. The second-order valence-corrected chi connectivity index (χ2v) is 15.4. The monoisotopic (exact) mass is 630 g/mol. The standard InChI is InChI=1S/C38H47B9N2/c1-4-6-8-20-10-13-22(14-11-20)48-24-15-12-21(9-7-5-2)18-23(24)47-35-25(48)16-19(3)17-26(35)49(37-32(44)29(41)30(42)33(37)45)38-34(46)28(40)27(39)31(43)36(38)47/h10-18,37H,4-9,39-46H2,1-3H3. The minimum Gasteiger partial charge on any atom is -0.334 e. The Bertz CT molecular complexity index is 2050. The Morgan fingerprint density at radius 2 is 1.18 bits per heavy atom. The van der Waals surface area contributed by atoms with Gasteiger partial charge in [0.15, 0.2) is 0 Å². The van der Waals surface area contributed by atoms with Gasteiger partial charge in [0.1, 0.15) is 62.8 Å². The van der Waals surface area contributed by atoms with Crippen LogP contribution in [0.5, 0.6) is 0 Å². The lowest BCUT2D eigenvalue weighted by Gasteiger charge is -2.49. The quantitative estimate of drug-likeness (QED) is 0.167. The molecule has 0 unspecified atom stereocenters. The number of hydrogen-bond donors (Lipinski definition) is 0. The van der Waals surface area contributed by atoms with Crippen LogP contribution in [0, 0.1) is 6.92 Å². The summed E-state index contributed by atoms with van der Waals surface area (Å²) in [4.78, 5) is 5.36. The number of unbranched alkanes of at least 4 members (excludes halogenated alkanes) is 2. The molecule has 4 aromatic carbocycles. The molecule has 0 saturated carbocycles. The SMILES string of the molecule is BC1=C(B)C(N2c3cc(C)cc4c3B(c3cc(CCCC)ccc3N4c3ccc(CCCC)cc3)c3c(B)c(B)c(B)c(B)c32)C(B)=C1B. The van der Waals surface area contributed by atoms with Gasteiger partial charge in [-0.2, -0.15) is 0 Å². The van der Waals surface area contributed by atoms with Crippen molar-refractivity contribution in [3.8, 4) is 0 Å². The molecular weight excluding hydrogens is 582 g/mol. The van der Waals surface area contributed by atoms with Gasteiger partial charge >= 0.3 is 0 Å². The molecule has 7 rings (SSSR count). The Labute approximate surface area is 303 Å². The summed E-state index contributed by atoms with van der Waals surface area (Å²) < 4.78 is 0. The van der Waals surface area contributed by atoms with Gasteiger partial charge in [-0.15, -0.1) is 16.4 Å². The molecule has 0 saturated heterocycles. The maximum Gasteiger partial charge on any atom is 0.251 e. The van der Waals surface area contributed by atoms with Crippen molar-refractivity contribution in [3.05, 3.63) is 93.2 Å². The number of allylic oxidation sites excluding steroid dienone is 2. The molecular formula is C38H47B9N2. The summed E-state index contributed by atoms with van der Waals surface area (Å²) in [6.07, 6.45) is 7.13. The van der Waals surface area contributed by atoms with E-state index in [1.807, 2.05) is 0 Å². The first kappa shape index (κ1) is 34.0. The van der Waals surface area contributed by atoms with Crippen molar-refractivity contribution in [2.45, 2.75) is 65.3 Å². The van der Waals surface area contributed by atoms with Crippen molar-refractivity contribution in [2.24, 2.45) is 0 Å². The third-order valence-corrected chi connectivity index (χ3v) is 12.6. The predicted molar refractivity (Wildman–Crippen MR) is 241 cm³/mol. The number of benzene rings is 4. The van der Waals surface area contributed by atoms with Crippen LogP contribution in [0.25, 0.3) is 0 Å². The number of rotatable bonds is 8. The molecule has 0 bridgehead atoms. The average Bonchev–Trinajstić information content (AvgIpc) is 3.29. The van der Waals surface area contributed by atoms with Gasteiger partial charge in [-0.25, -0.2) is 0 Å². The van der Waals surface area contributed by atoms with E-state index in [0.29, 0.717) is 0 Å². The molecule has 2 nitrogen and oxygen atoms in total. The van der Waals surface area contributed by atoms with Crippen LogP contribution in [0.2, 0.25) is 0 Å². The third-order valence-electron chi connectivity index (χ3n) is 12.6. The number of hydrogen-bond acceptors (Lipinski definition) is 2. The Kier molecular flexibility index (Phi) is 9.04. The van der Waals surface area contributed by atoms with Gasteiger partial charge in [0.25, 0.3) is 6.71 Å². The van der Waals surface area contributed by atoms with Crippen LogP contribution in [-0.4, -0.2) is 75.5 Å². The highest BCUT2D eigenvalue weighted by molar-refractivity contribution is 7.03. The Hall–Kier alpha value is -3.46. The first-order valence-corrected chi connectivity index (χ1v) is 18.9. The van der Waals surface area contributed by atoms with E-state index in [1.54, 1.807) is 0 Å². The minimum absolute atomic E-state index is 0.170. The molecule has 0 N–H and O–H groups in total. The highest BCUT2D eigenvalue weighted by Crippen LogP contribution is 2.44. The zero-order chi connectivity index (χ0) is 34.9. The van der Waals surface area contributed by atoms with Crippen LogP contribution in [0.15, 0.2) is 76.5 Å². The van der Waals surface area contributed by atoms with Gasteiger partial charge in [0.2, 0.25) is 0 Å². The molecule has 0 radical (unpaired) electrons. The number of aryl methyl sites for hydroxylation is 3. The van der Waals surface area contributed by atoms with E-state index in [0.717, 1.165) is 12.8 Å². The van der Waals surface area contributed by atoms with Crippen molar-refractivity contribution in [1.82, 2.24) is 0 Å². The van der Waals surface area contributed by atoms with Crippen LogP contribution in [-0.2, 0) is 12.8 Å². The summed E-state index contributed by atoms with van der Waals surface area (Å²) >= 11 is 0. The molecule has 236 valence electrons. The molecule has 49 heavy (non-hydrogen) atoms. The lowest BCUT2D eigenvalue weighted by molar-refractivity contribution is 0.795. The highest BCUT2D eigenvalue weighted by Gasteiger charge is 2.47. The summed E-state index contributed by atoms with van der Waals surface area (Å²) in [6.45, 7) is 7.05. The average molecular weight is 629 g/mol. The van der Waals surface area contributed by atoms with Crippen LogP contribution < -0.4 is 48.0 Å². The number of fused-ring (bicyclic) bond motifs is 4. The normalized spacial score (nSPS) is 15.2. The molecule has 0 aromatic heterocycles. The molecule has 2 aliphatic heterocycles. The molecule has 0 amide bonds. The van der Waals surface area contributed by atoms with E-state index in [4.69, 9.17) is 0 Å². The molecule has 3 aliphatic rings. The van der Waals surface area contributed by atoms with E-state index in [1.165, 1.54) is 131 Å². The first-order valence-electron chi connectivity index (χ1n) is 18.9. The zero-order valence-electron chi connectivity index (χ0n) is 32.0. The highest BCUT2D eigenvalue weighted by atomic mass is 15.2. The fourth-order valence-corrected chi connectivity index (χ4v) is 9.16. The summed E-state index contributed by atoms with van der Waals surface area (Å²) in [7, 11) is 18.9. The Morgan fingerprint density at radius 3 is 1.82 bits per heavy atom. The van der Waals surface area contributed by atoms with Gasteiger partial charge in [0.05, 0.1) is 6.04 Å². The second kappa shape index (κ2) is 13.0. The second-order valence-electron chi connectivity index (χ2n) is 15.4. The van der Waals surface area contributed by atoms with Gasteiger partial charge < -0.3 is 9.80 Å². The minimum atomic E-state index is 0.170. The van der Waals surface area contributed by atoms with Crippen LogP contribution in [0.1, 0.15) is 56.2 Å². The van der Waals surface area contributed by atoms with E-state index in [2.05, 4.69) is 148 Å². The smallest absolute Gasteiger partial charge is 0.251 e. The maximum atomic E-state index is 2.77. The molecule has 4 aromatic rings. The van der Waals surface area contributed by atoms with Gasteiger partial charge in [-0.05, 0) is 90.6 Å². The summed E-state index contributed by atoms with van der Waals surface area (Å²) in [6, 6.07) is 22.1. The molecule has 0 atom stereocenters. The van der Waals surface area contributed by atoms with Gasteiger partial charge in [-0.3, -0.25) is 0 Å². The van der Waals surface area contributed by atoms with Crippen LogP contribution in [0.4, 0.5) is 28.4 Å². The van der Waals surface area contributed by atoms with Crippen molar-refractivity contribution in [2.75, 3.05) is 9.80 Å². The summed E-state index contributed by atoms with van der Waals surface area (Å²) in [5.41, 5.74) is 26.9. The van der Waals surface area contributed by atoms with E-state index in [9.17, 15) is 0 Å². The third kappa shape index (κ3) is 5.28. The summed E-state index contributed by atoms with van der Waals surface area (Å²) in [5, 5.41) is 0. The lowest BCUT2D eigenvalue weighted by Crippen LogP contribution is -2.71. The van der Waals surface area contributed by atoms with Crippen molar-refractivity contribution in [1.29, 1.82) is 0 Å². The lowest BCUT2D eigenvalue weighted by atomic mass is 9.31. The molecule has 0 spiro atoms. The fourth-order valence-electron chi connectivity index (χ4n) is 9.16. The van der Waals surface area contributed by atoms with Crippen molar-refractivity contribution in [3.63, 3.8) is 0 Å². The molecule has 1 aliphatic carbocycles. The Morgan fingerprint density at radius 1 is 0.612 bits per heavy atom. The maximum absolute atomic E-state index is 2.77. The van der Waals surface area contributed by atoms with Crippen LogP contribution >= 0.6 is 0 Å². The number of anilines is 5. The van der Waals surface area contributed by atoms with E-state index >= 15 is 0 Å². The largest absolute Gasteiger partial charge is 0.334 e. The predicted octanol–water partition coefficient (Wildman–Crippen LogP) is -3.20. The van der Waals surface area contributed by atoms with Gasteiger partial charge in [0, 0.05) is 28.4 Å². The Balaban J connectivity index is 1.58. The molecule has 11 heteroatoms. The number of nitrogens with zero attached hydrogens (tertiary/aromatic N) is 2. The topological polar surface area (TPSA) is 6.48 Å². The first-order chi connectivity index (χ1) is 23.5. The van der Waals surface area contributed by atoms with Crippen molar-refractivity contribution < 1.29 is 0 Å². The zero-order valence-corrected chi connectivity index (χ0v) is 32.0. The summed E-state index contributed by atoms with van der Waals surface area (Å²) in [5.74, 6) is 0. The van der Waals surface area contributed by atoms with E-state index in [-0.39, 0.29) is 12.8 Å². The van der Waals surface area contributed by atoms with Crippen LogP contribution in [0.3, 0.4) is 0 Å². The van der Waals surface area contributed by atoms with Crippen molar-refractivity contribution >= 4 is 136 Å². The molecule has 0 fully saturated rings. The van der Waals surface area contributed by atoms with E-state index < -0.39 is 0 Å². The fraction of sp³-hybridized carbons (Fsp3) is 0.263. The van der Waals surface area contributed by atoms with Gasteiger partial charge in [-0.1, -0.05) is 83.8 Å².